The molecule has 0 bridgehead atoms. The van der Waals surface area contributed by atoms with Crippen LogP contribution in [0.25, 0.3) is 0 Å². The van der Waals surface area contributed by atoms with E-state index in [0.717, 1.165) is 12.5 Å². The van der Waals surface area contributed by atoms with Crippen molar-refractivity contribution in [2.45, 2.75) is 45.3 Å². The molecule has 0 saturated heterocycles. The van der Waals surface area contributed by atoms with E-state index in [2.05, 4.69) is 5.32 Å². The molecule has 1 fully saturated rings. The van der Waals surface area contributed by atoms with Gasteiger partial charge >= 0.3 is 6.18 Å². The van der Waals surface area contributed by atoms with Gasteiger partial charge in [0.1, 0.15) is 0 Å². The Morgan fingerprint density at radius 1 is 1.30 bits per heavy atom. The summed E-state index contributed by atoms with van der Waals surface area (Å²) in [6.45, 7) is 6.00. The average molecular weight is 325 g/mol. The zero-order valence-electron chi connectivity index (χ0n) is 13.5. The van der Waals surface area contributed by atoms with E-state index in [-0.39, 0.29) is 23.8 Å². The van der Waals surface area contributed by atoms with Gasteiger partial charge in [0.15, 0.2) is 0 Å². The molecule has 1 amide bonds. The zero-order chi connectivity index (χ0) is 17.2. The molecule has 0 spiro atoms. The van der Waals surface area contributed by atoms with Gasteiger partial charge in [-0.1, -0.05) is 38.1 Å². The van der Waals surface area contributed by atoms with Crippen LogP contribution in [0.3, 0.4) is 0 Å². The summed E-state index contributed by atoms with van der Waals surface area (Å²) in [7, 11) is 0. The van der Waals surface area contributed by atoms with Crippen molar-refractivity contribution in [2.24, 2.45) is 11.8 Å². The molecule has 1 aromatic carbocycles. The number of allylic oxidation sites excluding steroid dienone is 1. The summed E-state index contributed by atoms with van der Waals surface area (Å²) >= 11 is 0. The van der Waals surface area contributed by atoms with Gasteiger partial charge in [-0.3, -0.25) is 4.79 Å². The monoisotopic (exact) mass is 325 g/mol. The van der Waals surface area contributed by atoms with Gasteiger partial charge in [0, 0.05) is 6.04 Å². The largest absolute Gasteiger partial charge is 0.416 e. The van der Waals surface area contributed by atoms with Gasteiger partial charge in [-0.05, 0) is 48.8 Å². The van der Waals surface area contributed by atoms with Gasteiger partial charge in [0.2, 0.25) is 5.91 Å². The second kappa shape index (κ2) is 6.77. The normalized spacial score (nSPS) is 22.4. The van der Waals surface area contributed by atoms with Crippen LogP contribution in [0.5, 0.6) is 0 Å². The maximum atomic E-state index is 12.7. The molecule has 1 unspecified atom stereocenters. The Morgan fingerprint density at radius 3 is 2.61 bits per heavy atom. The summed E-state index contributed by atoms with van der Waals surface area (Å²) in [5.41, 5.74) is 0.0681. The second-order valence-electron chi connectivity index (χ2n) is 6.53. The first kappa shape index (κ1) is 17.6. The van der Waals surface area contributed by atoms with Gasteiger partial charge in [0.05, 0.1) is 5.56 Å². The molecule has 1 aliphatic carbocycles. The minimum Gasteiger partial charge on any atom is -0.350 e. The number of nitrogens with one attached hydrogen (secondary N) is 1. The maximum Gasteiger partial charge on any atom is 0.416 e. The molecule has 1 saturated carbocycles. The molecule has 2 rings (SSSR count). The number of benzene rings is 1. The highest BCUT2D eigenvalue weighted by Crippen LogP contribution is 2.49. The van der Waals surface area contributed by atoms with Gasteiger partial charge in [-0.25, -0.2) is 0 Å². The third-order valence-corrected chi connectivity index (χ3v) is 4.35. The van der Waals surface area contributed by atoms with Crippen LogP contribution in [0.2, 0.25) is 0 Å². The molecule has 0 heterocycles. The smallest absolute Gasteiger partial charge is 0.350 e. The Hall–Kier alpha value is -1.78. The van der Waals surface area contributed by atoms with Gasteiger partial charge < -0.3 is 5.32 Å². The fraction of sp³-hybridized carbons (Fsp3) is 0.500. The first-order chi connectivity index (χ1) is 10.7. The SMILES string of the molecule is CC(C)C(C)NC(=O)/C=C/[C@@H]1C[C@@H]1c1cccc(C(F)(F)F)c1. The van der Waals surface area contributed by atoms with E-state index < -0.39 is 11.7 Å². The van der Waals surface area contributed by atoms with Gasteiger partial charge in [-0.15, -0.1) is 0 Å². The van der Waals surface area contributed by atoms with E-state index in [1.54, 1.807) is 12.1 Å². The van der Waals surface area contributed by atoms with E-state index in [4.69, 9.17) is 0 Å². The van der Waals surface area contributed by atoms with E-state index >= 15 is 0 Å². The number of hydrogen-bond donors (Lipinski definition) is 1. The lowest BCUT2D eigenvalue weighted by molar-refractivity contribution is -0.137. The standard InChI is InChI=1S/C18H22F3NO/c1-11(2)12(3)22-17(23)8-7-14-10-16(14)13-5-4-6-15(9-13)18(19,20)21/h4-9,11-12,14,16H,10H2,1-3H3,(H,22,23)/b8-7+/t12?,14-,16-/m1/s1. The summed E-state index contributed by atoms with van der Waals surface area (Å²) in [6.07, 6.45) is -0.238. The van der Waals surface area contributed by atoms with E-state index in [1.807, 2.05) is 20.8 Å². The lowest BCUT2D eigenvalue weighted by Gasteiger charge is -2.15. The van der Waals surface area contributed by atoms with E-state index in [9.17, 15) is 18.0 Å². The van der Waals surface area contributed by atoms with Crippen LogP contribution in [0.15, 0.2) is 36.4 Å². The van der Waals surface area contributed by atoms with Crippen molar-refractivity contribution in [3.05, 3.63) is 47.5 Å². The fourth-order valence-corrected chi connectivity index (χ4v) is 2.41. The molecule has 0 aromatic heterocycles. The van der Waals surface area contributed by atoms with E-state index in [0.29, 0.717) is 11.5 Å². The van der Waals surface area contributed by atoms with Gasteiger partial charge in [-0.2, -0.15) is 13.2 Å². The summed E-state index contributed by atoms with van der Waals surface area (Å²) < 4.78 is 38.2. The van der Waals surface area contributed by atoms with Crippen molar-refractivity contribution in [3.63, 3.8) is 0 Å². The van der Waals surface area contributed by atoms with Crippen LogP contribution in [0, 0.1) is 11.8 Å². The number of carbonyl (C=O) groups is 1. The first-order valence-corrected chi connectivity index (χ1v) is 7.84. The Bertz CT molecular complexity index is 592. The predicted molar refractivity (Wildman–Crippen MR) is 83.9 cm³/mol. The molecule has 1 aromatic rings. The molecule has 1 N–H and O–H groups in total. The molecule has 23 heavy (non-hydrogen) atoms. The molecule has 5 heteroatoms. The van der Waals surface area contributed by atoms with E-state index in [1.165, 1.54) is 18.2 Å². The van der Waals surface area contributed by atoms with Crippen molar-refractivity contribution in [1.29, 1.82) is 0 Å². The summed E-state index contributed by atoms with van der Waals surface area (Å²) in [5, 5.41) is 2.87. The number of hydrogen-bond acceptors (Lipinski definition) is 1. The number of alkyl halides is 3. The van der Waals surface area contributed by atoms with Crippen LogP contribution in [-0.4, -0.2) is 11.9 Å². The van der Waals surface area contributed by atoms with Crippen LogP contribution < -0.4 is 5.32 Å². The topological polar surface area (TPSA) is 29.1 Å². The minimum absolute atomic E-state index is 0.0730. The van der Waals surface area contributed by atoms with Crippen LogP contribution >= 0.6 is 0 Å². The Balaban J connectivity index is 1.93. The molecule has 0 radical (unpaired) electrons. The molecule has 1 aliphatic rings. The molecule has 126 valence electrons. The predicted octanol–water partition coefficient (Wildman–Crippen LogP) is 4.53. The fourth-order valence-electron chi connectivity index (χ4n) is 2.41. The molecule has 3 atom stereocenters. The highest BCUT2D eigenvalue weighted by atomic mass is 19.4. The van der Waals surface area contributed by atoms with Crippen LogP contribution in [0.4, 0.5) is 13.2 Å². The van der Waals surface area contributed by atoms with Crippen molar-refractivity contribution in [2.75, 3.05) is 0 Å². The molecular weight excluding hydrogens is 303 g/mol. The Morgan fingerprint density at radius 2 is 2.00 bits per heavy atom. The number of halogens is 3. The lowest BCUT2D eigenvalue weighted by atomic mass is 10.1. The highest BCUT2D eigenvalue weighted by molar-refractivity contribution is 5.87. The summed E-state index contributed by atoms with van der Waals surface area (Å²) in [4.78, 5) is 11.8. The second-order valence-corrected chi connectivity index (χ2v) is 6.53. The third-order valence-electron chi connectivity index (χ3n) is 4.35. The Kier molecular flexibility index (Phi) is 5.17. The lowest BCUT2D eigenvalue weighted by Crippen LogP contribution is -2.34. The molecule has 0 aliphatic heterocycles. The summed E-state index contributed by atoms with van der Waals surface area (Å²) in [5.74, 6) is 0.412. The Labute approximate surface area is 134 Å². The third kappa shape index (κ3) is 4.85. The van der Waals surface area contributed by atoms with Crippen molar-refractivity contribution < 1.29 is 18.0 Å². The molecule has 2 nitrogen and oxygen atoms in total. The van der Waals surface area contributed by atoms with Gasteiger partial charge in [0.25, 0.3) is 0 Å². The quantitative estimate of drug-likeness (QED) is 0.792. The summed E-state index contributed by atoms with van der Waals surface area (Å²) in [6, 6.07) is 5.53. The molecular formula is C18H22F3NO. The number of amides is 1. The number of rotatable bonds is 5. The average Bonchev–Trinajstić information content (AvgIpc) is 3.24. The zero-order valence-corrected chi connectivity index (χ0v) is 13.5. The number of carbonyl (C=O) groups excluding carboxylic acids is 1. The van der Waals surface area contributed by atoms with Crippen LogP contribution in [-0.2, 0) is 11.0 Å². The van der Waals surface area contributed by atoms with Crippen LogP contribution in [0.1, 0.15) is 44.2 Å². The van der Waals surface area contributed by atoms with Crippen molar-refractivity contribution in [3.8, 4) is 0 Å². The first-order valence-electron chi connectivity index (χ1n) is 7.84. The maximum absolute atomic E-state index is 12.7. The highest BCUT2D eigenvalue weighted by Gasteiger charge is 2.38. The van der Waals surface area contributed by atoms with Crippen molar-refractivity contribution >= 4 is 5.91 Å². The minimum atomic E-state index is -4.32. The van der Waals surface area contributed by atoms with Crippen molar-refractivity contribution in [1.82, 2.24) is 5.32 Å².